The van der Waals surface area contributed by atoms with Crippen LogP contribution in [0.1, 0.15) is 28.8 Å². The van der Waals surface area contributed by atoms with E-state index in [0.29, 0.717) is 49.5 Å². The molecule has 0 saturated carbocycles. The summed E-state index contributed by atoms with van der Waals surface area (Å²) in [5, 5.41) is 3.39. The van der Waals surface area contributed by atoms with Gasteiger partial charge in [-0.05, 0) is 49.1 Å². The molecule has 1 saturated heterocycles. The molecule has 1 aliphatic rings. The predicted molar refractivity (Wildman–Crippen MR) is 103 cm³/mol. The number of halogens is 2. The van der Waals surface area contributed by atoms with Crippen LogP contribution in [0.3, 0.4) is 0 Å². The number of benzene rings is 2. The molecule has 0 radical (unpaired) electrons. The van der Waals surface area contributed by atoms with Gasteiger partial charge in [-0.1, -0.05) is 35.9 Å². The van der Waals surface area contributed by atoms with Crippen molar-refractivity contribution in [3.63, 3.8) is 0 Å². The Hall–Kier alpha value is -2.40. The number of rotatable bonds is 5. The lowest BCUT2D eigenvalue weighted by Crippen LogP contribution is -2.43. The van der Waals surface area contributed by atoms with E-state index in [2.05, 4.69) is 5.32 Å². The average Bonchev–Trinajstić information content (AvgIpc) is 2.69. The van der Waals surface area contributed by atoms with Gasteiger partial charge in [-0.15, -0.1) is 0 Å². The first-order valence-corrected chi connectivity index (χ1v) is 9.48. The summed E-state index contributed by atoms with van der Waals surface area (Å²) < 4.78 is 12.9. The van der Waals surface area contributed by atoms with Crippen molar-refractivity contribution in [3.05, 3.63) is 70.5 Å². The van der Waals surface area contributed by atoms with Crippen LogP contribution in [0.2, 0.25) is 5.02 Å². The largest absolute Gasteiger partial charge is 0.356 e. The SMILES string of the molecule is O=C(NCCc1ccc(F)cc1)C1CCN(C(=O)c2ccccc2Cl)CC1. The van der Waals surface area contributed by atoms with Crippen molar-refractivity contribution in [2.45, 2.75) is 19.3 Å². The molecule has 1 heterocycles. The summed E-state index contributed by atoms with van der Waals surface area (Å²) in [6.07, 6.45) is 1.94. The van der Waals surface area contributed by atoms with Crippen molar-refractivity contribution in [1.82, 2.24) is 10.2 Å². The monoisotopic (exact) mass is 388 g/mol. The van der Waals surface area contributed by atoms with Gasteiger partial charge < -0.3 is 10.2 Å². The Balaban J connectivity index is 1.44. The highest BCUT2D eigenvalue weighted by atomic mass is 35.5. The number of piperidine rings is 1. The third kappa shape index (κ3) is 5.07. The molecule has 1 aliphatic heterocycles. The third-order valence-corrected chi connectivity index (χ3v) is 5.21. The molecule has 6 heteroatoms. The fourth-order valence-corrected chi connectivity index (χ4v) is 3.49. The Morgan fingerprint density at radius 3 is 2.41 bits per heavy atom. The Morgan fingerprint density at radius 1 is 1.07 bits per heavy atom. The normalized spacial score (nSPS) is 14.8. The van der Waals surface area contributed by atoms with Crippen LogP contribution in [0.5, 0.6) is 0 Å². The zero-order valence-electron chi connectivity index (χ0n) is 15.0. The topological polar surface area (TPSA) is 49.4 Å². The Kier molecular flexibility index (Phi) is 6.45. The van der Waals surface area contributed by atoms with E-state index in [0.717, 1.165) is 5.56 Å². The lowest BCUT2D eigenvalue weighted by atomic mass is 9.95. The summed E-state index contributed by atoms with van der Waals surface area (Å²) in [5.41, 5.74) is 1.48. The minimum absolute atomic E-state index is 0.0157. The van der Waals surface area contributed by atoms with E-state index in [1.807, 2.05) is 0 Å². The smallest absolute Gasteiger partial charge is 0.255 e. The van der Waals surface area contributed by atoms with Crippen molar-refractivity contribution in [1.29, 1.82) is 0 Å². The molecule has 0 spiro atoms. The van der Waals surface area contributed by atoms with Gasteiger partial charge in [0.05, 0.1) is 10.6 Å². The number of carbonyl (C=O) groups excluding carboxylic acids is 2. The van der Waals surface area contributed by atoms with Crippen molar-refractivity contribution in [2.24, 2.45) is 5.92 Å². The molecule has 1 N–H and O–H groups in total. The van der Waals surface area contributed by atoms with Crippen molar-refractivity contribution < 1.29 is 14.0 Å². The van der Waals surface area contributed by atoms with Crippen LogP contribution >= 0.6 is 11.6 Å². The molecule has 2 amide bonds. The fourth-order valence-electron chi connectivity index (χ4n) is 3.28. The molecule has 4 nitrogen and oxygen atoms in total. The summed E-state index contributed by atoms with van der Waals surface area (Å²) in [5.74, 6) is -0.424. The van der Waals surface area contributed by atoms with Crippen molar-refractivity contribution in [3.8, 4) is 0 Å². The van der Waals surface area contributed by atoms with Gasteiger partial charge in [-0.2, -0.15) is 0 Å². The summed E-state index contributed by atoms with van der Waals surface area (Å²) in [6.45, 7) is 1.60. The highest BCUT2D eigenvalue weighted by molar-refractivity contribution is 6.33. The van der Waals surface area contributed by atoms with Gasteiger partial charge in [0, 0.05) is 25.6 Å². The summed E-state index contributed by atoms with van der Waals surface area (Å²) >= 11 is 6.10. The first-order valence-electron chi connectivity index (χ1n) is 9.10. The van der Waals surface area contributed by atoms with E-state index in [9.17, 15) is 14.0 Å². The number of likely N-dealkylation sites (tertiary alicyclic amines) is 1. The van der Waals surface area contributed by atoms with Crippen LogP contribution in [0.25, 0.3) is 0 Å². The van der Waals surface area contributed by atoms with Crippen LogP contribution in [0.15, 0.2) is 48.5 Å². The molecule has 2 aromatic rings. The van der Waals surface area contributed by atoms with E-state index in [1.165, 1.54) is 12.1 Å². The van der Waals surface area contributed by atoms with Gasteiger partial charge in [-0.25, -0.2) is 4.39 Å². The van der Waals surface area contributed by atoms with E-state index < -0.39 is 0 Å². The van der Waals surface area contributed by atoms with Crippen LogP contribution in [0, 0.1) is 11.7 Å². The first-order chi connectivity index (χ1) is 13.0. The maximum atomic E-state index is 12.9. The zero-order valence-corrected chi connectivity index (χ0v) is 15.7. The highest BCUT2D eigenvalue weighted by Crippen LogP contribution is 2.22. The molecule has 1 fully saturated rings. The summed E-state index contributed by atoms with van der Waals surface area (Å²) in [7, 11) is 0. The molecule has 0 unspecified atom stereocenters. The molecule has 142 valence electrons. The minimum atomic E-state index is -0.263. The molecular formula is C21H22ClFN2O2. The molecule has 0 atom stereocenters. The van der Waals surface area contributed by atoms with E-state index in [4.69, 9.17) is 11.6 Å². The summed E-state index contributed by atoms with van der Waals surface area (Å²) in [4.78, 5) is 26.7. The predicted octanol–water partition coefficient (Wildman–Crippen LogP) is 3.69. The standard InChI is InChI=1S/C21H22ClFN2O2/c22-19-4-2-1-3-18(19)21(27)25-13-10-16(11-14-25)20(26)24-12-9-15-5-7-17(23)8-6-15/h1-8,16H,9-14H2,(H,24,26). The molecule has 0 aliphatic carbocycles. The van der Waals surface area contributed by atoms with Crippen LogP contribution < -0.4 is 5.32 Å². The maximum Gasteiger partial charge on any atom is 0.255 e. The van der Waals surface area contributed by atoms with Gasteiger partial charge in [0.1, 0.15) is 5.82 Å². The second-order valence-corrected chi connectivity index (χ2v) is 7.12. The quantitative estimate of drug-likeness (QED) is 0.849. The number of amides is 2. The highest BCUT2D eigenvalue weighted by Gasteiger charge is 2.28. The zero-order chi connectivity index (χ0) is 19.2. The van der Waals surface area contributed by atoms with Crippen molar-refractivity contribution >= 4 is 23.4 Å². The number of carbonyl (C=O) groups is 2. The number of hydrogen-bond donors (Lipinski definition) is 1. The summed E-state index contributed by atoms with van der Waals surface area (Å²) in [6, 6.07) is 13.3. The Bertz CT molecular complexity index is 802. The molecule has 2 aromatic carbocycles. The number of hydrogen-bond acceptors (Lipinski definition) is 2. The fraction of sp³-hybridized carbons (Fsp3) is 0.333. The Labute approximate surface area is 163 Å². The van der Waals surface area contributed by atoms with E-state index >= 15 is 0 Å². The van der Waals surface area contributed by atoms with Crippen LogP contribution in [-0.2, 0) is 11.2 Å². The van der Waals surface area contributed by atoms with Crippen molar-refractivity contribution in [2.75, 3.05) is 19.6 Å². The molecular weight excluding hydrogens is 367 g/mol. The first kappa shape index (κ1) is 19.4. The van der Waals surface area contributed by atoms with E-state index in [1.54, 1.807) is 41.3 Å². The van der Waals surface area contributed by atoms with Crippen LogP contribution in [0.4, 0.5) is 4.39 Å². The second-order valence-electron chi connectivity index (χ2n) is 6.71. The van der Waals surface area contributed by atoms with Gasteiger partial charge in [0.2, 0.25) is 5.91 Å². The number of nitrogens with zero attached hydrogens (tertiary/aromatic N) is 1. The minimum Gasteiger partial charge on any atom is -0.356 e. The molecule has 0 aromatic heterocycles. The van der Waals surface area contributed by atoms with Gasteiger partial charge in [0.15, 0.2) is 0 Å². The average molecular weight is 389 g/mol. The van der Waals surface area contributed by atoms with Gasteiger partial charge >= 0.3 is 0 Å². The van der Waals surface area contributed by atoms with Gasteiger partial charge in [0.25, 0.3) is 5.91 Å². The lowest BCUT2D eigenvalue weighted by molar-refractivity contribution is -0.126. The molecule has 3 rings (SSSR count). The third-order valence-electron chi connectivity index (χ3n) is 4.88. The van der Waals surface area contributed by atoms with E-state index in [-0.39, 0.29) is 23.5 Å². The van der Waals surface area contributed by atoms with Crippen LogP contribution in [-0.4, -0.2) is 36.3 Å². The Morgan fingerprint density at radius 2 is 1.74 bits per heavy atom. The van der Waals surface area contributed by atoms with Gasteiger partial charge in [-0.3, -0.25) is 9.59 Å². The second kappa shape index (κ2) is 9.00. The maximum absolute atomic E-state index is 12.9. The lowest BCUT2D eigenvalue weighted by Gasteiger charge is -2.31. The molecule has 27 heavy (non-hydrogen) atoms. The molecule has 0 bridgehead atoms. The number of nitrogens with one attached hydrogen (secondary N) is 1.